The van der Waals surface area contributed by atoms with Gasteiger partial charge in [0.25, 0.3) is 0 Å². The molecule has 1 fully saturated rings. The normalized spacial score (nSPS) is 25.4. The molecule has 0 aromatic carbocycles. The molecule has 1 atom stereocenters. The first-order valence-corrected chi connectivity index (χ1v) is 4.65. The SMILES string of the molecule is CCOC(C)[N+]1(C)CCCC1. The summed E-state index contributed by atoms with van der Waals surface area (Å²) in [6, 6.07) is 0. The number of nitrogens with zero attached hydrogens (tertiary/aromatic N) is 1. The Balaban J connectivity index is 2.42. The summed E-state index contributed by atoms with van der Waals surface area (Å²) in [5.74, 6) is 0. The molecular weight excluding hydrogens is 138 g/mol. The lowest BCUT2D eigenvalue weighted by Gasteiger charge is -2.34. The van der Waals surface area contributed by atoms with E-state index in [-0.39, 0.29) is 0 Å². The standard InChI is InChI=1S/C9H20NO/c1-4-11-9(2)10(3)7-5-6-8-10/h9H,4-8H2,1-3H3/q+1. The Labute approximate surface area is 69.7 Å². The first kappa shape index (κ1) is 9.01. The van der Waals surface area contributed by atoms with Gasteiger partial charge in [-0.1, -0.05) is 0 Å². The van der Waals surface area contributed by atoms with Gasteiger partial charge in [-0.2, -0.15) is 0 Å². The first-order valence-electron chi connectivity index (χ1n) is 4.65. The molecule has 0 amide bonds. The zero-order valence-electron chi connectivity index (χ0n) is 7.97. The van der Waals surface area contributed by atoms with Crippen molar-refractivity contribution in [3.8, 4) is 0 Å². The second kappa shape index (κ2) is 3.55. The molecule has 11 heavy (non-hydrogen) atoms. The van der Waals surface area contributed by atoms with Crippen LogP contribution in [0.4, 0.5) is 0 Å². The van der Waals surface area contributed by atoms with Crippen molar-refractivity contribution in [2.45, 2.75) is 32.9 Å². The van der Waals surface area contributed by atoms with Crippen LogP contribution in [-0.4, -0.2) is 37.5 Å². The quantitative estimate of drug-likeness (QED) is 0.567. The maximum atomic E-state index is 5.60. The highest BCUT2D eigenvalue weighted by molar-refractivity contribution is 4.52. The molecule has 1 heterocycles. The molecule has 1 unspecified atom stereocenters. The van der Waals surface area contributed by atoms with Crippen molar-refractivity contribution >= 4 is 0 Å². The van der Waals surface area contributed by atoms with Gasteiger partial charge in [-0.05, 0) is 6.92 Å². The number of ether oxygens (including phenoxy) is 1. The fraction of sp³-hybridized carbons (Fsp3) is 1.00. The summed E-state index contributed by atoms with van der Waals surface area (Å²) in [7, 11) is 2.30. The van der Waals surface area contributed by atoms with Crippen LogP contribution >= 0.6 is 0 Å². The van der Waals surface area contributed by atoms with E-state index in [1.54, 1.807) is 0 Å². The van der Waals surface area contributed by atoms with Crippen molar-refractivity contribution in [1.29, 1.82) is 0 Å². The van der Waals surface area contributed by atoms with Gasteiger partial charge in [-0.15, -0.1) is 0 Å². The van der Waals surface area contributed by atoms with Crippen LogP contribution in [-0.2, 0) is 4.74 Å². The molecule has 2 heteroatoms. The number of hydrogen-bond donors (Lipinski definition) is 0. The van der Waals surface area contributed by atoms with E-state index < -0.39 is 0 Å². The van der Waals surface area contributed by atoms with Gasteiger partial charge in [0.15, 0.2) is 6.23 Å². The summed E-state index contributed by atoms with van der Waals surface area (Å²) in [6.45, 7) is 7.69. The Bertz CT molecular complexity index is 119. The molecule has 0 bridgehead atoms. The minimum absolute atomic E-state index is 0.391. The van der Waals surface area contributed by atoms with Crippen LogP contribution < -0.4 is 0 Å². The van der Waals surface area contributed by atoms with Crippen molar-refractivity contribution in [3.63, 3.8) is 0 Å². The Morgan fingerprint density at radius 3 is 2.36 bits per heavy atom. The average Bonchev–Trinajstić information content (AvgIpc) is 2.38. The van der Waals surface area contributed by atoms with E-state index in [0.717, 1.165) is 11.1 Å². The number of hydrogen-bond acceptors (Lipinski definition) is 1. The smallest absolute Gasteiger partial charge is 0.190 e. The van der Waals surface area contributed by atoms with Gasteiger partial charge in [0.1, 0.15) is 0 Å². The average molecular weight is 158 g/mol. The predicted molar refractivity (Wildman–Crippen MR) is 46.2 cm³/mol. The van der Waals surface area contributed by atoms with Gasteiger partial charge in [0, 0.05) is 19.8 Å². The maximum Gasteiger partial charge on any atom is 0.190 e. The van der Waals surface area contributed by atoms with Crippen molar-refractivity contribution in [3.05, 3.63) is 0 Å². The van der Waals surface area contributed by atoms with E-state index in [0.29, 0.717) is 6.23 Å². The number of likely N-dealkylation sites (tertiary alicyclic amines) is 1. The topological polar surface area (TPSA) is 9.23 Å². The van der Waals surface area contributed by atoms with E-state index in [4.69, 9.17) is 4.74 Å². The lowest BCUT2D eigenvalue weighted by atomic mass is 10.4. The molecule has 0 aromatic heterocycles. The monoisotopic (exact) mass is 158 g/mol. The number of quaternary nitrogens is 1. The molecule has 0 N–H and O–H groups in total. The van der Waals surface area contributed by atoms with Crippen molar-refractivity contribution < 1.29 is 9.22 Å². The van der Waals surface area contributed by atoms with Gasteiger partial charge in [-0.25, -0.2) is 0 Å². The fourth-order valence-electron chi connectivity index (χ4n) is 1.84. The van der Waals surface area contributed by atoms with Gasteiger partial charge in [0.2, 0.25) is 0 Å². The third-order valence-corrected chi connectivity index (χ3v) is 2.87. The third kappa shape index (κ3) is 1.94. The lowest BCUT2D eigenvalue weighted by Crippen LogP contribution is -2.49. The Morgan fingerprint density at radius 2 is 1.91 bits per heavy atom. The lowest BCUT2D eigenvalue weighted by molar-refractivity contribution is -0.942. The summed E-state index contributed by atoms with van der Waals surface area (Å²) in [4.78, 5) is 0. The largest absolute Gasteiger partial charge is 0.330 e. The van der Waals surface area contributed by atoms with Crippen LogP contribution in [0.25, 0.3) is 0 Å². The minimum Gasteiger partial charge on any atom is -0.330 e. The highest BCUT2D eigenvalue weighted by atomic mass is 16.5. The van der Waals surface area contributed by atoms with E-state index in [9.17, 15) is 0 Å². The zero-order chi connectivity index (χ0) is 8.32. The molecule has 1 saturated heterocycles. The van der Waals surface area contributed by atoms with Crippen molar-refractivity contribution in [1.82, 2.24) is 0 Å². The molecule has 0 aromatic rings. The second-order valence-electron chi connectivity index (χ2n) is 3.69. The molecule has 0 saturated carbocycles. The first-order chi connectivity index (χ1) is 5.19. The van der Waals surface area contributed by atoms with E-state index in [1.807, 2.05) is 0 Å². The van der Waals surface area contributed by atoms with Crippen LogP contribution in [0.3, 0.4) is 0 Å². The highest BCUT2D eigenvalue weighted by Crippen LogP contribution is 2.20. The molecular formula is C9H20NO+. The van der Waals surface area contributed by atoms with Crippen LogP contribution in [0.2, 0.25) is 0 Å². The maximum absolute atomic E-state index is 5.60. The summed E-state index contributed by atoms with van der Waals surface area (Å²) in [5.41, 5.74) is 0. The van der Waals surface area contributed by atoms with Crippen molar-refractivity contribution in [2.24, 2.45) is 0 Å². The van der Waals surface area contributed by atoms with E-state index >= 15 is 0 Å². The number of rotatable bonds is 3. The van der Waals surface area contributed by atoms with E-state index in [2.05, 4.69) is 20.9 Å². The van der Waals surface area contributed by atoms with Gasteiger partial charge >= 0.3 is 0 Å². The predicted octanol–water partition coefficient (Wildman–Crippen LogP) is 1.61. The minimum atomic E-state index is 0.391. The molecule has 1 rings (SSSR count). The molecule has 1 aliphatic rings. The molecule has 1 aliphatic heterocycles. The molecule has 0 radical (unpaired) electrons. The molecule has 66 valence electrons. The zero-order valence-corrected chi connectivity index (χ0v) is 7.97. The molecule has 2 nitrogen and oxygen atoms in total. The van der Waals surface area contributed by atoms with Crippen LogP contribution in [0.15, 0.2) is 0 Å². The summed E-state index contributed by atoms with van der Waals surface area (Å²) < 4.78 is 6.72. The van der Waals surface area contributed by atoms with Crippen molar-refractivity contribution in [2.75, 3.05) is 26.7 Å². The Kier molecular flexibility index (Phi) is 2.90. The van der Waals surface area contributed by atoms with Gasteiger partial charge < -0.3 is 9.22 Å². The Morgan fingerprint density at radius 1 is 1.36 bits per heavy atom. The molecule has 0 aliphatic carbocycles. The van der Waals surface area contributed by atoms with Crippen LogP contribution in [0.5, 0.6) is 0 Å². The second-order valence-corrected chi connectivity index (χ2v) is 3.69. The van der Waals surface area contributed by atoms with Crippen LogP contribution in [0, 0.1) is 0 Å². The summed E-state index contributed by atoms with van der Waals surface area (Å²) in [6.07, 6.45) is 3.13. The van der Waals surface area contributed by atoms with E-state index in [1.165, 1.54) is 25.9 Å². The summed E-state index contributed by atoms with van der Waals surface area (Å²) in [5, 5.41) is 0. The Hall–Kier alpha value is -0.0800. The van der Waals surface area contributed by atoms with Gasteiger partial charge in [-0.3, -0.25) is 0 Å². The summed E-state index contributed by atoms with van der Waals surface area (Å²) >= 11 is 0. The highest BCUT2D eigenvalue weighted by Gasteiger charge is 2.32. The fourth-order valence-corrected chi connectivity index (χ4v) is 1.84. The van der Waals surface area contributed by atoms with Crippen LogP contribution in [0.1, 0.15) is 26.7 Å². The van der Waals surface area contributed by atoms with Gasteiger partial charge in [0.05, 0.1) is 26.7 Å². The third-order valence-electron chi connectivity index (χ3n) is 2.87. The molecule has 0 spiro atoms.